The van der Waals surface area contributed by atoms with Crippen LogP contribution in [0.15, 0.2) is 18.2 Å². The van der Waals surface area contributed by atoms with Crippen molar-refractivity contribution in [1.82, 2.24) is 0 Å². The van der Waals surface area contributed by atoms with Crippen LogP contribution >= 0.6 is 0 Å². The third kappa shape index (κ3) is 1.97. The summed E-state index contributed by atoms with van der Waals surface area (Å²) in [6.07, 6.45) is 4.92. The maximum atomic E-state index is 13.1. The average Bonchev–Trinajstić information content (AvgIpc) is 2.64. The number of hydrogen-bond donors (Lipinski definition) is 2. The summed E-state index contributed by atoms with van der Waals surface area (Å²) in [5.74, 6) is -0.340. The number of halogens is 1. The molecule has 0 saturated heterocycles. The summed E-state index contributed by atoms with van der Waals surface area (Å²) in [6, 6.07) is 5.41. The zero-order valence-corrected chi connectivity index (χ0v) is 8.09. The van der Waals surface area contributed by atoms with Gasteiger partial charge in [0.05, 0.1) is 5.69 Å². The highest BCUT2D eigenvalue weighted by Crippen LogP contribution is 2.23. The molecule has 0 radical (unpaired) electrons. The molecule has 0 amide bonds. The van der Waals surface area contributed by atoms with Gasteiger partial charge in [-0.1, -0.05) is 12.8 Å². The van der Waals surface area contributed by atoms with Crippen molar-refractivity contribution in [1.29, 1.82) is 0 Å². The molecule has 76 valence electrons. The van der Waals surface area contributed by atoms with Crippen molar-refractivity contribution in [2.24, 2.45) is 0 Å². The highest BCUT2D eigenvalue weighted by molar-refractivity contribution is 5.52. The van der Waals surface area contributed by atoms with Gasteiger partial charge in [0.2, 0.25) is 0 Å². The lowest BCUT2D eigenvalue weighted by Gasteiger charge is -2.13. The fraction of sp³-hybridized carbons (Fsp3) is 0.455. The van der Waals surface area contributed by atoms with Gasteiger partial charge in [-0.25, -0.2) is 4.39 Å². The molecule has 0 aromatic heterocycles. The van der Waals surface area contributed by atoms with Crippen LogP contribution in [0.5, 0.6) is 0 Å². The molecule has 1 saturated carbocycles. The van der Waals surface area contributed by atoms with Gasteiger partial charge in [0.15, 0.2) is 0 Å². The Balaban J connectivity index is 2.05. The van der Waals surface area contributed by atoms with Crippen molar-refractivity contribution < 1.29 is 4.39 Å². The van der Waals surface area contributed by atoms with Crippen LogP contribution in [0.25, 0.3) is 0 Å². The van der Waals surface area contributed by atoms with Gasteiger partial charge in [0.25, 0.3) is 0 Å². The van der Waals surface area contributed by atoms with Gasteiger partial charge in [0, 0.05) is 11.7 Å². The zero-order valence-electron chi connectivity index (χ0n) is 8.09. The smallest absolute Gasteiger partial charge is 0.148 e. The molecule has 1 aliphatic carbocycles. The molecule has 0 spiro atoms. The predicted octanol–water partition coefficient (Wildman–Crippen LogP) is 2.76. The molecular formula is C11H15FN2. The molecule has 1 aromatic carbocycles. The number of benzene rings is 1. The summed E-state index contributed by atoms with van der Waals surface area (Å²) in [5.41, 5.74) is 6.44. The maximum absolute atomic E-state index is 13.1. The molecular weight excluding hydrogens is 179 g/mol. The Labute approximate surface area is 83.3 Å². The minimum absolute atomic E-state index is 0.210. The monoisotopic (exact) mass is 194 g/mol. The van der Waals surface area contributed by atoms with Crippen molar-refractivity contribution in [3.63, 3.8) is 0 Å². The summed E-state index contributed by atoms with van der Waals surface area (Å²) < 4.78 is 13.1. The van der Waals surface area contributed by atoms with Crippen LogP contribution in [0.3, 0.4) is 0 Å². The molecule has 3 N–H and O–H groups in total. The van der Waals surface area contributed by atoms with Crippen molar-refractivity contribution in [3.8, 4) is 0 Å². The number of nitrogen functional groups attached to an aromatic ring is 1. The minimum Gasteiger partial charge on any atom is -0.396 e. The van der Waals surface area contributed by atoms with Crippen LogP contribution < -0.4 is 11.1 Å². The normalized spacial score (nSPS) is 17.2. The Hall–Kier alpha value is -1.25. The molecule has 1 fully saturated rings. The molecule has 2 rings (SSSR count). The van der Waals surface area contributed by atoms with Crippen LogP contribution in [-0.4, -0.2) is 6.04 Å². The van der Waals surface area contributed by atoms with E-state index in [0.29, 0.717) is 6.04 Å². The van der Waals surface area contributed by atoms with Gasteiger partial charge in [-0.05, 0) is 31.0 Å². The number of hydrogen-bond acceptors (Lipinski definition) is 2. The molecule has 0 bridgehead atoms. The highest BCUT2D eigenvalue weighted by Gasteiger charge is 2.14. The van der Waals surface area contributed by atoms with E-state index in [0.717, 1.165) is 5.69 Å². The van der Waals surface area contributed by atoms with Crippen LogP contribution in [0.4, 0.5) is 15.8 Å². The van der Waals surface area contributed by atoms with E-state index in [2.05, 4.69) is 5.32 Å². The first-order valence-corrected chi connectivity index (χ1v) is 5.07. The average molecular weight is 194 g/mol. The molecule has 0 unspecified atom stereocenters. The minimum atomic E-state index is -0.340. The second kappa shape index (κ2) is 3.86. The van der Waals surface area contributed by atoms with E-state index in [1.807, 2.05) is 6.07 Å². The summed E-state index contributed by atoms with van der Waals surface area (Å²) in [4.78, 5) is 0. The summed E-state index contributed by atoms with van der Waals surface area (Å²) in [6.45, 7) is 0. The largest absolute Gasteiger partial charge is 0.396 e. The molecule has 0 aliphatic heterocycles. The van der Waals surface area contributed by atoms with Crippen molar-refractivity contribution in [2.45, 2.75) is 31.7 Å². The fourth-order valence-corrected chi connectivity index (χ4v) is 1.92. The number of rotatable bonds is 2. The molecule has 3 heteroatoms. The van der Waals surface area contributed by atoms with Crippen LogP contribution in [-0.2, 0) is 0 Å². The standard InChI is InChI=1S/C11H15FN2/c12-10-7-9(5-6-11(10)13)14-8-3-1-2-4-8/h5-8,14H,1-4,13H2. The highest BCUT2D eigenvalue weighted by atomic mass is 19.1. The Morgan fingerprint density at radius 1 is 1.29 bits per heavy atom. The van der Waals surface area contributed by atoms with Gasteiger partial charge in [0.1, 0.15) is 5.82 Å². The lowest BCUT2D eigenvalue weighted by atomic mass is 10.2. The first-order valence-electron chi connectivity index (χ1n) is 5.07. The topological polar surface area (TPSA) is 38.0 Å². The number of nitrogens with two attached hydrogens (primary N) is 1. The Morgan fingerprint density at radius 3 is 2.64 bits per heavy atom. The molecule has 1 aliphatic rings. The molecule has 0 heterocycles. The van der Waals surface area contributed by atoms with Crippen molar-refractivity contribution >= 4 is 11.4 Å². The number of anilines is 2. The second-order valence-corrected chi connectivity index (χ2v) is 3.86. The fourth-order valence-electron chi connectivity index (χ4n) is 1.92. The van der Waals surface area contributed by atoms with E-state index in [1.54, 1.807) is 6.07 Å². The summed E-state index contributed by atoms with van der Waals surface area (Å²) in [7, 11) is 0. The summed E-state index contributed by atoms with van der Waals surface area (Å²) in [5, 5.41) is 3.31. The van der Waals surface area contributed by atoms with Gasteiger partial charge in [-0.15, -0.1) is 0 Å². The molecule has 2 nitrogen and oxygen atoms in total. The van der Waals surface area contributed by atoms with Crippen LogP contribution in [0, 0.1) is 5.82 Å². The van der Waals surface area contributed by atoms with Gasteiger partial charge < -0.3 is 11.1 Å². The van der Waals surface area contributed by atoms with Crippen molar-refractivity contribution in [2.75, 3.05) is 11.1 Å². The quantitative estimate of drug-likeness (QED) is 0.710. The van der Waals surface area contributed by atoms with E-state index in [-0.39, 0.29) is 11.5 Å². The maximum Gasteiger partial charge on any atom is 0.148 e. The van der Waals surface area contributed by atoms with Gasteiger partial charge >= 0.3 is 0 Å². The SMILES string of the molecule is Nc1ccc(NC2CCCC2)cc1F. The van der Waals surface area contributed by atoms with E-state index in [1.165, 1.54) is 31.7 Å². The third-order valence-electron chi connectivity index (χ3n) is 2.73. The summed E-state index contributed by atoms with van der Waals surface area (Å²) >= 11 is 0. The lowest BCUT2D eigenvalue weighted by Crippen LogP contribution is -2.14. The zero-order chi connectivity index (χ0) is 9.97. The van der Waals surface area contributed by atoms with Gasteiger partial charge in [-0.2, -0.15) is 0 Å². The van der Waals surface area contributed by atoms with E-state index < -0.39 is 0 Å². The second-order valence-electron chi connectivity index (χ2n) is 3.86. The van der Waals surface area contributed by atoms with Crippen LogP contribution in [0.2, 0.25) is 0 Å². The molecule has 1 aromatic rings. The van der Waals surface area contributed by atoms with E-state index >= 15 is 0 Å². The Kier molecular flexibility index (Phi) is 2.57. The van der Waals surface area contributed by atoms with Gasteiger partial charge in [-0.3, -0.25) is 0 Å². The number of nitrogens with one attached hydrogen (secondary N) is 1. The molecule has 0 atom stereocenters. The first kappa shape index (κ1) is 9.31. The Bertz CT molecular complexity index is 319. The van der Waals surface area contributed by atoms with E-state index in [9.17, 15) is 4.39 Å². The third-order valence-corrected chi connectivity index (χ3v) is 2.73. The predicted molar refractivity (Wildman–Crippen MR) is 56.7 cm³/mol. The molecule has 14 heavy (non-hydrogen) atoms. The van der Waals surface area contributed by atoms with E-state index in [4.69, 9.17) is 5.73 Å². The lowest BCUT2D eigenvalue weighted by molar-refractivity contribution is 0.632. The van der Waals surface area contributed by atoms with Crippen molar-refractivity contribution in [3.05, 3.63) is 24.0 Å². The Morgan fingerprint density at radius 2 is 2.00 bits per heavy atom. The first-order chi connectivity index (χ1) is 6.75. The van der Waals surface area contributed by atoms with Crippen LogP contribution in [0.1, 0.15) is 25.7 Å².